The van der Waals surface area contributed by atoms with Crippen LogP contribution in [0.2, 0.25) is 0 Å². The van der Waals surface area contributed by atoms with E-state index in [2.05, 4.69) is 48.3 Å². The lowest BCUT2D eigenvalue weighted by molar-refractivity contribution is 0.168. The summed E-state index contributed by atoms with van der Waals surface area (Å²) in [5.41, 5.74) is 1.14. The fourth-order valence-electron chi connectivity index (χ4n) is 2.61. The predicted octanol–water partition coefficient (Wildman–Crippen LogP) is 2.73. The SMILES string of the molecule is CC(C)C1CN(Cc2nc3ccccc3s2)CCN1. The molecule has 0 bridgehead atoms. The second-order valence-corrected chi connectivity index (χ2v) is 6.73. The Morgan fingerprint density at radius 3 is 3.05 bits per heavy atom. The summed E-state index contributed by atoms with van der Waals surface area (Å²) >= 11 is 1.83. The highest BCUT2D eigenvalue weighted by molar-refractivity contribution is 7.18. The van der Waals surface area contributed by atoms with Crippen LogP contribution in [0.5, 0.6) is 0 Å². The van der Waals surface area contributed by atoms with Crippen molar-refractivity contribution in [1.29, 1.82) is 0 Å². The summed E-state index contributed by atoms with van der Waals surface area (Å²) in [5, 5.41) is 4.84. The van der Waals surface area contributed by atoms with Crippen LogP contribution in [0.4, 0.5) is 0 Å². The molecule has 1 N–H and O–H groups in total. The van der Waals surface area contributed by atoms with Gasteiger partial charge in [-0.15, -0.1) is 11.3 Å². The standard InChI is InChI=1S/C15H21N3S/c1-11(2)13-9-18(8-7-16-13)10-15-17-12-5-3-4-6-14(12)19-15/h3-6,11,13,16H,7-10H2,1-2H3. The van der Waals surface area contributed by atoms with Crippen molar-refractivity contribution in [3.05, 3.63) is 29.3 Å². The molecule has 1 unspecified atom stereocenters. The molecule has 0 aliphatic carbocycles. The van der Waals surface area contributed by atoms with E-state index in [-0.39, 0.29) is 0 Å². The minimum atomic E-state index is 0.614. The van der Waals surface area contributed by atoms with Crippen LogP contribution < -0.4 is 5.32 Å². The molecule has 1 aliphatic rings. The zero-order valence-electron chi connectivity index (χ0n) is 11.6. The molecule has 102 valence electrons. The van der Waals surface area contributed by atoms with E-state index in [1.807, 2.05) is 11.3 Å². The molecular weight excluding hydrogens is 254 g/mol. The molecule has 1 aromatic carbocycles. The van der Waals surface area contributed by atoms with E-state index in [1.165, 1.54) is 9.71 Å². The van der Waals surface area contributed by atoms with Crippen LogP contribution in [0.3, 0.4) is 0 Å². The van der Waals surface area contributed by atoms with E-state index >= 15 is 0 Å². The molecule has 19 heavy (non-hydrogen) atoms. The molecule has 0 radical (unpaired) electrons. The topological polar surface area (TPSA) is 28.2 Å². The molecule has 3 rings (SSSR count). The van der Waals surface area contributed by atoms with Crippen LogP contribution in [0.1, 0.15) is 18.9 Å². The normalized spacial score (nSPS) is 21.3. The van der Waals surface area contributed by atoms with Crippen molar-refractivity contribution >= 4 is 21.6 Å². The zero-order valence-corrected chi connectivity index (χ0v) is 12.4. The third-order valence-corrected chi connectivity index (χ3v) is 4.81. The molecule has 1 aliphatic heterocycles. The Bertz CT molecular complexity index is 516. The third kappa shape index (κ3) is 2.96. The van der Waals surface area contributed by atoms with E-state index in [0.29, 0.717) is 12.0 Å². The zero-order chi connectivity index (χ0) is 13.2. The fourth-order valence-corrected chi connectivity index (χ4v) is 3.62. The quantitative estimate of drug-likeness (QED) is 0.933. The largest absolute Gasteiger partial charge is 0.311 e. The Kier molecular flexibility index (Phi) is 3.82. The number of rotatable bonds is 3. The van der Waals surface area contributed by atoms with Crippen molar-refractivity contribution < 1.29 is 0 Å². The minimum absolute atomic E-state index is 0.614. The molecule has 2 aromatic rings. The number of benzene rings is 1. The Morgan fingerprint density at radius 1 is 1.42 bits per heavy atom. The van der Waals surface area contributed by atoms with Gasteiger partial charge < -0.3 is 5.32 Å². The average Bonchev–Trinajstić information content (AvgIpc) is 2.81. The summed E-state index contributed by atoms with van der Waals surface area (Å²) < 4.78 is 1.30. The molecule has 1 fully saturated rings. The molecule has 0 saturated carbocycles. The Balaban J connectivity index is 1.70. The van der Waals surface area contributed by atoms with Crippen molar-refractivity contribution in [2.75, 3.05) is 19.6 Å². The Labute approximate surface area is 118 Å². The van der Waals surface area contributed by atoms with Gasteiger partial charge in [-0.2, -0.15) is 0 Å². The van der Waals surface area contributed by atoms with Gasteiger partial charge in [-0.3, -0.25) is 4.90 Å². The van der Waals surface area contributed by atoms with E-state index < -0.39 is 0 Å². The highest BCUT2D eigenvalue weighted by Gasteiger charge is 2.22. The smallest absolute Gasteiger partial charge is 0.108 e. The summed E-state index contributed by atoms with van der Waals surface area (Å²) in [5.74, 6) is 0.693. The maximum Gasteiger partial charge on any atom is 0.108 e. The average molecular weight is 275 g/mol. The van der Waals surface area contributed by atoms with Gasteiger partial charge in [0.15, 0.2) is 0 Å². The van der Waals surface area contributed by atoms with Crippen LogP contribution in [0, 0.1) is 5.92 Å². The second kappa shape index (κ2) is 5.57. The number of hydrogen-bond acceptors (Lipinski definition) is 4. The van der Waals surface area contributed by atoms with E-state index in [9.17, 15) is 0 Å². The highest BCUT2D eigenvalue weighted by atomic mass is 32.1. The molecule has 3 nitrogen and oxygen atoms in total. The molecule has 1 aromatic heterocycles. The summed E-state index contributed by atoms with van der Waals surface area (Å²) in [7, 11) is 0. The van der Waals surface area contributed by atoms with Gasteiger partial charge in [-0.25, -0.2) is 4.98 Å². The summed E-state index contributed by atoms with van der Waals surface area (Å²) in [6.45, 7) is 8.92. The van der Waals surface area contributed by atoms with Gasteiger partial charge in [0, 0.05) is 25.7 Å². The van der Waals surface area contributed by atoms with Crippen molar-refractivity contribution in [3.8, 4) is 0 Å². The summed E-state index contributed by atoms with van der Waals surface area (Å²) in [6.07, 6.45) is 0. The summed E-state index contributed by atoms with van der Waals surface area (Å²) in [6, 6.07) is 9.02. The van der Waals surface area contributed by atoms with E-state index in [4.69, 9.17) is 4.98 Å². The number of hydrogen-bond donors (Lipinski definition) is 1. The van der Waals surface area contributed by atoms with Gasteiger partial charge in [0.05, 0.1) is 16.8 Å². The first-order valence-electron chi connectivity index (χ1n) is 7.02. The number of nitrogens with zero attached hydrogens (tertiary/aromatic N) is 2. The first-order chi connectivity index (χ1) is 9.22. The number of thiazole rings is 1. The highest BCUT2D eigenvalue weighted by Crippen LogP contribution is 2.23. The number of aromatic nitrogens is 1. The van der Waals surface area contributed by atoms with Gasteiger partial charge in [-0.1, -0.05) is 26.0 Å². The minimum Gasteiger partial charge on any atom is -0.311 e. The lowest BCUT2D eigenvalue weighted by Crippen LogP contribution is -2.52. The molecule has 4 heteroatoms. The van der Waals surface area contributed by atoms with Gasteiger partial charge in [0.2, 0.25) is 0 Å². The fraction of sp³-hybridized carbons (Fsp3) is 0.533. The van der Waals surface area contributed by atoms with Crippen molar-refractivity contribution in [2.45, 2.75) is 26.4 Å². The van der Waals surface area contributed by atoms with Gasteiger partial charge in [-0.05, 0) is 18.1 Å². The molecule has 0 spiro atoms. The van der Waals surface area contributed by atoms with Crippen LogP contribution in [0.15, 0.2) is 24.3 Å². The summed E-state index contributed by atoms with van der Waals surface area (Å²) in [4.78, 5) is 7.26. The number of piperazine rings is 1. The van der Waals surface area contributed by atoms with E-state index in [0.717, 1.165) is 31.7 Å². The molecule has 0 amide bonds. The molecule has 2 heterocycles. The Morgan fingerprint density at radius 2 is 2.26 bits per heavy atom. The van der Waals surface area contributed by atoms with Crippen LogP contribution in [0.25, 0.3) is 10.2 Å². The van der Waals surface area contributed by atoms with Gasteiger partial charge >= 0.3 is 0 Å². The molecule has 1 atom stereocenters. The number of fused-ring (bicyclic) bond motifs is 1. The first-order valence-corrected chi connectivity index (χ1v) is 7.84. The van der Waals surface area contributed by atoms with Crippen molar-refractivity contribution in [1.82, 2.24) is 15.2 Å². The maximum atomic E-state index is 4.73. The molecular formula is C15H21N3S. The van der Waals surface area contributed by atoms with Gasteiger partial charge in [0.25, 0.3) is 0 Å². The number of nitrogens with one attached hydrogen (secondary N) is 1. The first kappa shape index (κ1) is 13.0. The predicted molar refractivity (Wildman–Crippen MR) is 81.5 cm³/mol. The van der Waals surface area contributed by atoms with Crippen molar-refractivity contribution in [2.24, 2.45) is 5.92 Å². The van der Waals surface area contributed by atoms with Gasteiger partial charge in [0.1, 0.15) is 5.01 Å². The maximum absolute atomic E-state index is 4.73. The lowest BCUT2D eigenvalue weighted by Gasteiger charge is -2.35. The van der Waals surface area contributed by atoms with Crippen LogP contribution in [-0.4, -0.2) is 35.6 Å². The van der Waals surface area contributed by atoms with Crippen molar-refractivity contribution in [3.63, 3.8) is 0 Å². The second-order valence-electron chi connectivity index (χ2n) is 5.62. The Hall–Kier alpha value is -0.970. The molecule has 1 saturated heterocycles. The third-order valence-electron chi connectivity index (χ3n) is 3.79. The van der Waals surface area contributed by atoms with Crippen LogP contribution in [-0.2, 0) is 6.54 Å². The lowest BCUT2D eigenvalue weighted by atomic mass is 10.0. The van der Waals surface area contributed by atoms with E-state index in [1.54, 1.807) is 0 Å². The van der Waals surface area contributed by atoms with Crippen LogP contribution >= 0.6 is 11.3 Å². The number of para-hydroxylation sites is 1. The monoisotopic (exact) mass is 275 g/mol.